The van der Waals surface area contributed by atoms with Crippen molar-refractivity contribution in [1.29, 1.82) is 0 Å². The van der Waals surface area contributed by atoms with Gasteiger partial charge in [0.25, 0.3) is 0 Å². The van der Waals surface area contributed by atoms with E-state index in [1.54, 1.807) is 12.3 Å². The highest BCUT2D eigenvalue weighted by Gasteiger charge is 2.31. The number of hydrogen-bond donors (Lipinski definition) is 2. The fourth-order valence-electron chi connectivity index (χ4n) is 3.99. The largest absolute Gasteiger partial charge is 0.348 e. The maximum absolute atomic E-state index is 12.7. The lowest BCUT2D eigenvalue weighted by Gasteiger charge is -2.39. The summed E-state index contributed by atoms with van der Waals surface area (Å²) in [7, 11) is 0. The van der Waals surface area contributed by atoms with Gasteiger partial charge in [0.2, 0.25) is 5.91 Å². The van der Waals surface area contributed by atoms with Gasteiger partial charge in [0.05, 0.1) is 0 Å². The molecule has 0 radical (unpaired) electrons. The van der Waals surface area contributed by atoms with Gasteiger partial charge >= 0.3 is 0 Å². The number of nitrogens with zero attached hydrogens (tertiary/aromatic N) is 2. The Morgan fingerprint density at radius 2 is 1.86 bits per heavy atom. The lowest BCUT2D eigenvalue weighted by Crippen LogP contribution is -2.51. The summed E-state index contributed by atoms with van der Waals surface area (Å²) >= 11 is 0. The summed E-state index contributed by atoms with van der Waals surface area (Å²) < 4.78 is 0. The standard InChI is InChI=1S/C24H26N4O/c29-24(12-11-19-7-3-1-4-8-19)26-23-18-28(17-21-13-15-25-27-21)16-14-22(23)20-9-5-2-6-10-20/h1-13,15,22-23H,14,16-18H2,(H,25,27)(H,26,29)/t22-,23-/m0/s1. The quantitative estimate of drug-likeness (QED) is 0.637. The van der Waals surface area contributed by atoms with E-state index in [9.17, 15) is 4.79 Å². The molecule has 1 aliphatic rings. The third-order valence-electron chi connectivity index (χ3n) is 5.43. The van der Waals surface area contributed by atoms with Crippen molar-refractivity contribution in [3.05, 3.63) is 95.8 Å². The number of rotatable bonds is 6. The molecule has 3 aromatic rings. The van der Waals surface area contributed by atoms with E-state index in [2.05, 4.69) is 44.7 Å². The van der Waals surface area contributed by atoms with Crippen LogP contribution >= 0.6 is 0 Å². The van der Waals surface area contributed by atoms with Crippen LogP contribution in [0.25, 0.3) is 6.08 Å². The van der Waals surface area contributed by atoms with Crippen molar-refractivity contribution in [3.8, 4) is 0 Å². The van der Waals surface area contributed by atoms with Gasteiger partial charge in [0.1, 0.15) is 0 Å². The van der Waals surface area contributed by atoms with E-state index in [0.717, 1.165) is 37.3 Å². The Labute approximate surface area is 171 Å². The highest BCUT2D eigenvalue weighted by Crippen LogP contribution is 2.29. The summed E-state index contributed by atoms with van der Waals surface area (Å²) in [5.41, 5.74) is 3.40. The van der Waals surface area contributed by atoms with Crippen LogP contribution in [0, 0.1) is 0 Å². The average molecular weight is 386 g/mol. The number of carbonyl (C=O) groups is 1. The molecule has 1 amide bonds. The van der Waals surface area contributed by atoms with E-state index in [1.165, 1.54) is 5.56 Å². The van der Waals surface area contributed by atoms with Crippen LogP contribution < -0.4 is 5.32 Å². The maximum Gasteiger partial charge on any atom is 0.244 e. The van der Waals surface area contributed by atoms with Crippen molar-refractivity contribution in [2.45, 2.75) is 24.9 Å². The van der Waals surface area contributed by atoms with Crippen molar-refractivity contribution in [2.75, 3.05) is 13.1 Å². The molecule has 148 valence electrons. The van der Waals surface area contributed by atoms with Crippen molar-refractivity contribution in [2.24, 2.45) is 0 Å². The van der Waals surface area contributed by atoms with Crippen LogP contribution in [0.5, 0.6) is 0 Å². The molecule has 1 aliphatic heterocycles. The molecule has 2 heterocycles. The van der Waals surface area contributed by atoms with Crippen LogP contribution in [0.2, 0.25) is 0 Å². The first kappa shape index (κ1) is 19.2. The van der Waals surface area contributed by atoms with Crippen molar-refractivity contribution >= 4 is 12.0 Å². The number of piperidine rings is 1. The molecule has 29 heavy (non-hydrogen) atoms. The number of likely N-dealkylation sites (tertiary alicyclic amines) is 1. The van der Waals surface area contributed by atoms with E-state index in [1.807, 2.05) is 48.5 Å². The molecule has 0 spiro atoms. The van der Waals surface area contributed by atoms with Gasteiger partial charge in [-0.15, -0.1) is 0 Å². The van der Waals surface area contributed by atoms with Gasteiger partial charge in [-0.25, -0.2) is 0 Å². The van der Waals surface area contributed by atoms with Crippen LogP contribution in [0.15, 0.2) is 79.0 Å². The third-order valence-corrected chi connectivity index (χ3v) is 5.43. The molecule has 0 aliphatic carbocycles. The Bertz CT molecular complexity index is 922. The zero-order valence-electron chi connectivity index (χ0n) is 16.4. The Morgan fingerprint density at radius 3 is 2.59 bits per heavy atom. The predicted molar refractivity (Wildman–Crippen MR) is 115 cm³/mol. The summed E-state index contributed by atoms with van der Waals surface area (Å²) in [4.78, 5) is 15.0. The number of H-pyrrole nitrogens is 1. The van der Waals surface area contributed by atoms with Gasteiger partial charge in [-0.2, -0.15) is 5.10 Å². The SMILES string of the molecule is O=C(C=Cc1ccccc1)N[C@H]1CN(Cc2ccn[nH]2)CC[C@H]1c1ccccc1. The Hall–Kier alpha value is -3.18. The van der Waals surface area contributed by atoms with Crippen molar-refractivity contribution < 1.29 is 4.79 Å². The maximum atomic E-state index is 12.7. The minimum Gasteiger partial charge on any atom is -0.348 e. The number of nitrogens with one attached hydrogen (secondary N) is 2. The zero-order chi connectivity index (χ0) is 19.9. The van der Waals surface area contributed by atoms with Crippen LogP contribution in [-0.4, -0.2) is 40.1 Å². The number of hydrogen-bond acceptors (Lipinski definition) is 3. The van der Waals surface area contributed by atoms with Gasteiger partial charge < -0.3 is 5.32 Å². The van der Waals surface area contributed by atoms with Gasteiger partial charge in [-0.1, -0.05) is 60.7 Å². The van der Waals surface area contributed by atoms with Crippen LogP contribution in [-0.2, 0) is 11.3 Å². The molecule has 1 saturated heterocycles. The van der Waals surface area contributed by atoms with Crippen LogP contribution in [0.1, 0.15) is 29.2 Å². The number of aromatic nitrogens is 2. The van der Waals surface area contributed by atoms with E-state index in [-0.39, 0.29) is 11.9 Å². The van der Waals surface area contributed by atoms with E-state index >= 15 is 0 Å². The predicted octanol–water partition coefficient (Wildman–Crippen LogP) is 3.60. The molecule has 2 N–H and O–H groups in total. The molecule has 0 unspecified atom stereocenters. The number of carbonyl (C=O) groups excluding carboxylic acids is 1. The van der Waals surface area contributed by atoms with Crippen molar-refractivity contribution in [3.63, 3.8) is 0 Å². The molecule has 2 atom stereocenters. The average Bonchev–Trinajstić information content (AvgIpc) is 3.27. The van der Waals surface area contributed by atoms with E-state index < -0.39 is 0 Å². The highest BCUT2D eigenvalue weighted by molar-refractivity contribution is 5.92. The number of benzene rings is 2. The van der Waals surface area contributed by atoms with Crippen LogP contribution in [0.4, 0.5) is 0 Å². The summed E-state index contributed by atoms with van der Waals surface area (Å²) in [6.45, 7) is 2.61. The Morgan fingerprint density at radius 1 is 1.10 bits per heavy atom. The monoisotopic (exact) mass is 386 g/mol. The lowest BCUT2D eigenvalue weighted by molar-refractivity contribution is -0.117. The number of aromatic amines is 1. The molecule has 0 saturated carbocycles. The second kappa shape index (κ2) is 9.34. The molecule has 0 bridgehead atoms. The molecule has 1 aromatic heterocycles. The summed E-state index contributed by atoms with van der Waals surface area (Å²) in [5, 5.41) is 10.3. The number of amides is 1. The summed E-state index contributed by atoms with van der Waals surface area (Å²) in [5.74, 6) is 0.256. The van der Waals surface area contributed by atoms with Gasteiger partial charge in [0, 0.05) is 43.0 Å². The second-order valence-electron chi connectivity index (χ2n) is 7.48. The summed E-state index contributed by atoms with van der Waals surface area (Å²) in [6, 6.07) is 22.4. The normalized spacial score (nSPS) is 20.0. The third kappa shape index (κ3) is 5.21. The molecule has 5 nitrogen and oxygen atoms in total. The molecular weight excluding hydrogens is 360 g/mol. The van der Waals surface area contributed by atoms with Crippen molar-refractivity contribution in [1.82, 2.24) is 20.4 Å². The fourth-order valence-corrected chi connectivity index (χ4v) is 3.99. The van der Waals surface area contributed by atoms with Gasteiger partial charge in [-0.3, -0.25) is 14.8 Å². The van der Waals surface area contributed by atoms with E-state index in [4.69, 9.17) is 0 Å². The summed E-state index contributed by atoms with van der Waals surface area (Å²) in [6.07, 6.45) is 6.27. The molecule has 5 heteroatoms. The highest BCUT2D eigenvalue weighted by atomic mass is 16.1. The molecular formula is C24H26N4O. The lowest BCUT2D eigenvalue weighted by atomic mass is 9.85. The van der Waals surface area contributed by atoms with Crippen LogP contribution in [0.3, 0.4) is 0 Å². The molecule has 1 fully saturated rings. The minimum absolute atomic E-state index is 0.0526. The first-order chi connectivity index (χ1) is 14.3. The molecule has 4 rings (SSSR count). The first-order valence-electron chi connectivity index (χ1n) is 10.1. The van der Waals surface area contributed by atoms with Gasteiger partial charge in [0.15, 0.2) is 0 Å². The Balaban J connectivity index is 1.46. The second-order valence-corrected chi connectivity index (χ2v) is 7.48. The zero-order valence-corrected chi connectivity index (χ0v) is 16.4. The molecule has 2 aromatic carbocycles. The fraction of sp³-hybridized carbons (Fsp3) is 0.250. The Kier molecular flexibility index (Phi) is 6.17. The minimum atomic E-state index is -0.0526. The first-order valence-corrected chi connectivity index (χ1v) is 10.1. The van der Waals surface area contributed by atoms with Gasteiger partial charge in [-0.05, 0) is 36.2 Å². The smallest absolute Gasteiger partial charge is 0.244 e. The van der Waals surface area contributed by atoms with E-state index in [0.29, 0.717) is 5.92 Å². The topological polar surface area (TPSA) is 61.0 Å².